The molecular formula is C11H17NO2S. The van der Waals surface area contributed by atoms with Crippen molar-refractivity contribution in [2.24, 2.45) is 5.92 Å². The number of hydrogen-bond donors (Lipinski definition) is 0. The van der Waals surface area contributed by atoms with Crippen LogP contribution in [0, 0.1) is 17.2 Å². The summed E-state index contributed by atoms with van der Waals surface area (Å²) < 4.78 is 17.5. The maximum Gasteiger partial charge on any atom is 0.0668 e. The van der Waals surface area contributed by atoms with E-state index in [9.17, 15) is 4.21 Å². The van der Waals surface area contributed by atoms with E-state index in [0.29, 0.717) is 0 Å². The van der Waals surface area contributed by atoms with E-state index in [1.165, 1.54) is 0 Å². The Morgan fingerprint density at radius 2 is 1.93 bits per heavy atom. The summed E-state index contributed by atoms with van der Waals surface area (Å²) in [4.78, 5) is 0. The normalized spacial score (nSPS) is 34.9. The summed E-state index contributed by atoms with van der Waals surface area (Å²) in [6.07, 6.45) is 4.79. The van der Waals surface area contributed by atoms with Crippen molar-refractivity contribution >= 4 is 10.8 Å². The van der Waals surface area contributed by atoms with Crippen LogP contribution in [0.1, 0.15) is 32.1 Å². The van der Waals surface area contributed by atoms with Crippen molar-refractivity contribution in [1.29, 1.82) is 5.26 Å². The molecule has 0 spiro atoms. The molecule has 2 rings (SSSR count). The summed E-state index contributed by atoms with van der Waals surface area (Å²) in [6.45, 7) is 1.47. The third-order valence-corrected chi connectivity index (χ3v) is 5.70. The van der Waals surface area contributed by atoms with Crippen molar-refractivity contribution < 1.29 is 8.95 Å². The minimum atomic E-state index is -0.814. The van der Waals surface area contributed by atoms with E-state index < -0.39 is 10.8 Å². The smallest absolute Gasteiger partial charge is 0.0668 e. The number of rotatable bonds is 2. The van der Waals surface area contributed by atoms with Gasteiger partial charge in [-0.25, -0.2) is 0 Å². The molecule has 3 atom stereocenters. The Kier molecular flexibility index (Phi) is 3.76. The highest BCUT2D eigenvalue weighted by Gasteiger charge is 2.35. The Morgan fingerprint density at radius 1 is 1.20 bits per heavy atom. The predicted molar refractivity (Wildman–Crippen MR) is 58.7 cm³/mol. The lowest BCUT2D eigenvalue weighted by Gasteiger charge is -2.25. The van der Waals surface area contributed by atoms with Crippen LogP contribution >= 0.6 is 0 Å². The number of nitriles is 1. The van der Waals surface area contributed by atoms with E-state index >= 15 is 0 Å². The van der Waals surface area contributed by atoms with Crippen LogP contribution in [0.2, 0.25) is 0 Å². The van der Waals surface area contributed by atoms with Crippen LogP contribution in [0.3, 0.4) is 0 Å². The minimum Gasteiger partial charge on any atom is -0.381 e. The van der Waals surface area contributed by atoms with E-state index in [2.05, 4.69) is 6.07 Å². The number of ether oxygens (including phenoxy) is 1. The molecule has 3 nitrogen and oxygen atoms in total. The molecular weight excluding hydrogens is 210 g/mol. The molecule has 0 radical (unpaired) electrons. The molecule has 0 aromatic carbocycles. The fourth-order valence-corrected chi connectivity index (χ4v) is 4.58. The van der Waals surface area contributed by atoms with Crippen molar-refractivity contribution in [1.82, 2.24) is 0 Å². The largest absolute Gasteiger partial charge is 0.381 e. The zero-order chi connectivity index (χ0) is 10.7. The lowest BCUT2D eigenvalue weighted by atomic mass is 10.1. The minimum absolute atomic E-state index is 0.0358. The Hall–Kier alpha value is -0.400. The first-order chi connectivity index (χ1) is 7.33. The van der Waals surface area contributed by atoms with Crippen LogP contribution in [0.5, 0.6) is 0 Å². The third kappa shape index (κ3) is 2.40. The molecule has 2 fully saturated rings. The summed E-state index contributed by atoms with van der Waals surface area (Å²) in [7, 11) is -0.814. The van der Waals surface area contributed by atoms with Crippen molar-refractivity contribution in [2.75, 3.05) is 13.2 Å². The van der Waals surface area contributed by atoms with Crippen LogP contribution in [-0.4, -0.2) is 27.9 Å². The lowest BCUT2D eigenvalue weighted by molar-refractivity contribution is 0.0990. The van der Waals surface area contributed by atoms with Crippen LogP contribution in [0.15, 0.2) is 0 Å². The molecule has 0 amide bonds. The van der Waals surface area contributed by atoms with Gasteiger partial charge in [0.1, 0.15) is 0 Å². The van der Waals surface area contributed by atoms with Crippen molar-refractivity contribution in [3.8, 4) is 6.07 Å². The highest BCUT2D eigenvalue weighted by atomic mass is 32.2. The van der Waals surface area contributed by atoms with Crippen LogP contribution < -0.4 is 0 Å². The molecule has 2 aliphatic rings. The van der Waals surface area contributed by atoms with E-state index in [0.717, 1.165) is 45.3 Å². The van der Waals surface area contributed by atoms with Gasteiger partial charge in [0.2, 0.25) is 0 Å². The van der Waals surface area contributed by atoms with Crippen LogP contribution in [0.4, 0.5) is 0 Å². The molecule has 3 unspecified atom stereocenters. The van der Waals surface area contributed by atoms with Gasteiger partial charge in [-0.3, -0.25) is 4.21 Å². The van der Waals surface area contributed by atoms with Crippen molar-refractivity contribution in [2.45, 2.75) is 42.6 Å². The van der Waals surface area contributed by atoms with E-state index in [-0.39, 0.29) is 16.4 Å². The quantitative estimate of drug-likeness (QED) is 0.720. The molecule has 1 aliphatic heterocycles. The molecule has 1 saturated carbocycles. The molecule has 1 saturated heterocycles. The zero-order valence-electron chi connectivity index (χ0n) is 8.85. The Morgan fingerprint density at radius 3 is 2.60 bits per heavy atom. The summed E-state index contributed by atoms with van der Waals surface area (Å²) in [5.41, 5.74) is 0. The first-order valence-corrected chi connectivity index (χ1v) is 6.97. The lowest BCUT2D eigenvalue weighted by Crippen LogP contribution is -2.32. The van der Waals surface area contributed by atoms with Gasteiger partial charge in [0.25, 0.3) is 0 Å². The van der Waals surface area contributed by atoms with Crippen LogP contribution in [0.25, 0.3) is 0 Å². The molecule has 0 bridgehead atoms. The second kappa shape index (κ2) is 5.09. The van der Waals surface area contributed by atoms with Gasteiger partial charge in [0.05, 0.1) is 17.2 Å². The van der Waals surface area contributed by atoms with E-state index in [1.54, 1.807) is 0 Å². The van der Waals surface area contributed by atoms with Gasteiger partial charge < -0.3 is 4.74 Å². The highest BCUT2D eigenvalue weighted by molar-refractivity contribution is 7.86. The van der Waals surface area contributed by atoms with Gasteiger partial charge >= 0.3 is 0 Å². The second-order valence-electron chi connectivity index (χ2n) is 4.35. The average Bonchev–Trinajstić information content (AvgIpc) is 2.77. The Bertz CT molecular complexity index is 281. The van der Waals surface area contributed by atoms with Gasteiger partial charge in [-0.15, -0.1) is 0 Å². The SMILES string of the molecule is N#CC1CCCC1S(=O)C1CCOCC1. The topological polar surface area (TPSA) is 50.1 Å². The van der Waals surface area contributed by atoms with E-state index in [4.69, 9.17) is 10.00 Å². The summed E-state index contributed by atoms with van der Waals surface area (Å²) in [5.74, 6) is 0.0358. The molecule has 15 heavy (non-hydrogen) atoms. The highest BCUT2D eigenvalue weighted by Crippen LogP contribution is 2.32. The molecule has 0 aromatic heterocycles. The van der Waals surface area contributed by atoms with E-state index in [1.807, 2.05) is 0 Å². The Labute approximate surface area is 93.3 Å². The summed E-state index contributed by atoms with van der Waals surface area (Å²) in [6, 6.07) is 2.31. The second-order valence-corrected chi connectivity index (χ2v) is 6.27. The van der Waals surface area contributed by atoms with Gasteiger partial charge in [-0.1, -0.05) is 6.42 Å². The molecule has 1 aliphatic carbocycles. The fourth-order valence-electron chi connectivity index (χ4n) is 2.51. The monoisotopic (exact) mass is 227 g/mol. The maximum atomic E-state index is 12.3. The average molecular weight is 227 g/mol. The predicted octanol–water partition coefficient (Wildman–Crippen LogP) is 1.61. The maximum absolute atomic E-state index is 12.3. The third-order valence-electron chi connectivity index (χ3n) is 3.41. The fraction of sp³-hybridized carbons (Fsp3) is 0.909. The van der Waals surface area contributed by atoms with Gasteiger partial charge in [-0.2, -0.15) is 5.26 Å². The van der Waals surface area contributed by atoms with Gasteiger partial charge in [0, 0.05) is 29.3 Å². The number of hydrogen-bond acceptors (Lipinski definition) is 3. The number of nitrogens with zero attached hydrogens (tertiary/aromatic N) is 1. The molecule has 0 aromatic rings. The molecule has 1 heterocycles. The molecule has 84 valence electrons. The first-order valence-electron chi connectivity index (χ1n) is 5.69. The first kappa shape index (κ1) is 11.1. The van der Waals surface area contributed by atoms with Crippen LogP contribution in [-0.2, 0) is 15.5 Å². The summed E-state index contributed by atoms with van der Waals surface area (Å²) in [5, 5.41) is 9.39. The summed E-state index contributed by atoms with van der Waals surface area (Å²) >= 11 is 0. The molecule has 0 N–H and O–H groups in total. The van der Waals surface area contributed by atoms with Crippen molar-refractivity contribution in [3.05, 3.63) is 0 Å². The Balaban J connectivity index is 1.97. The van der Waals surface area contributed by atoms with Crippen molar-refractivity contribution in [3.63, 3.8) is 0 Å². The molecule has 4 heteroatoms. The standard InChI is InChI=1S/C11H17NO2S/c12-8-9-2-1-3-11(9)15(13)10-4-6-14-7-5-10/h9-11H,1-7H2. The van der Waals surface area contributed by atoms with Gasteiger partial charge in [0.15, 0.2) is 0 Å². The van der Waals surface area contributed by atoms with Gasteiger partial charge in [-0.05, 0) is 25.7 Å². The zero-order valence-corrected chi connectivity index (χ0v) is 9.67.